The van der Waals surface area contributed by atoms with Gasteiger partial charge in [0.25, 0.3) is 0 Å². The lowest BCUT2D eigenvalue weighted by Crippen LogP contribution is -2.69. The zero-order chi connectivity index (χ0) is 29.9. The lowest BCUT2D eigenvalue weighted by Gasteiger charge is -2.58. The van der Waals surface area contributed by atoms with Crippen molar-refractivity contribution in [3.8, 4) is 0 Å². The Kier molecular flexibility index (Phi) is 15.3. The first kappa shape index (κ1) is 37.0. The van der Waals surface area contributed by atoms with Crippen molar-refractivity contribution in [3.63, 3.8) is 0 Å². The third kappa shape index (κ3) is 11.6. The predicted octanol–water partition coefficient (Wildman–Crippen LogP) is 5.31. The molecule has 0 bridgehead atoms. The van der Waals surface area contributed by atoms with E-state index in [1.807, 2.05) is 39.6 Å². The second kappa shape index (κ2) is 15.7. The Morgan fingerprint density at radius 3 is 2.11 bits per heavy atom. The fourth-order valence-electron chi connectivity index (χ4n) is 6.91. The fraction of sp³-hybridized carbons (Fsp3) is 0.935. The zero-order valence-corrected chi connectivity index (χ0v) is 26.9. The van der Waals surface area contributed by atoms with Gasteiger partial charge in [-0.3, -0.25) is 9.69 Å². The van der Waals surface area contributed by atoms with E-state index in [9.17, 15) is 19.8 Å². The monoisotopic (exact) mass is 542 g/mol. The Bertz CT molecular complexity index is 708. The van der Waals surface area contributed by atoms with Crippen LogP contribution >= 0.6 is 0 Å². The minimum absolute atomic E-state index is 0.00932. The van der Waals surface area contributed by atoms with E-state index in [1.165, 1.54) is 0 Å². The molecule has 0 aliphatic carbocycles. The Labute approximate surface area is 234 Å². The van der Waals surface area contributed by atoms with Crippen LogP contribution in [0.1, 0.15) is 114 Å². The molecule has 0 aromatic rings. The SMILES string of the molecule is CC.CCCC(C)(C)CC(C)(C)CC(=O)N1C(CO)CC1(C)CC(C)(C)C=O.COCC1CC(O)CN1C. The highest BCUT2D eigenvalue weighted by molar-refractivity contribution is 5.79. The number of likely N-dealkylation sites (N-methyl/N-ethyl adjacent to an activating group) is 1. The summed E-state index contributed by atoms with van der Waals surface area (Å²) in [6, 6.07) is 0.300. The maximum atomic E-state index is 13.2. The number of carbonyl (C=O) groups excluding carboxylic acids is 2. The molecule has 0 spiro atoms. The minimum atomic E-state index is -0.466. The van der Waals surface area contributed by atoms with E-state index in [2.05, 4.69) is 46.4 Å². The highest BCUT2D eigenvalue weighted by Gasteiger charge is 2.53. The normalized spacial score (nSPS) is 26.1. The summed E-state index contributed by atoms with van der Waals surface area (Å²) < 4.78 is 4.99. The van der Waals surface area contributed by atoms with Gasteiger partial charge in [-0.15, -0.1) is 0 Å². The van der Waals surface area contributed by atoms with Crippen molar-refractivity contribution in [2.24, 2.45) is 16.2 Å². The minimum Gasteiger partial charge on any atom is -0.394 e. The molecule has 7 nitrogen and oxygen atoms in total. The first-order valence-corrected chi connectivity index (χ1v) is 14.7. The van der Waals surface area contributed by atoms with Crippen LogP contribution in [0.3, 0.4) is 0 Å². The molecular formula is C31H62N2O5. The fourth-order valence-corrected chi connectivity index (χ4v) is 6.91. The van der Waals surface area contributed by atoms with Crippen molar-refractivity contribution in [2.45, 2.75) is 138 Å². The molecule has 1 amide bonds. The third-order valence-corrected chi connectivity index (χ3v) is 7.80. The third-order valence-electron chi connectivity index (χ3n) is 7.80. The van der Waals surface area contributed by atoms with Crippen LogP contribution in [0.15, 0.2) is 0 Å². The van der Waals surface area contributed by atoms with E-state index in [-0.39, 0.29) is 41.0 Å². The van der Waals surface area contributed by atoms with Crippen LogP contribution in [0, 0.1) is 16.2 Å². The van der Waals surface area contributed by atoms with Crippen LogP contribution in [0.4, 0.5) is 0 Å². The second-order valence-corrected chi connectivity index (χ2v) is 14.0. The first-order valence-electron chi connectivity index (χ1n) is 14.7. The second-order valence-electron chi connectivity index (χ2n) is 14.0. The molecule has 2 aliphatic rings. The van der Waals surface area contributed by atoms with Crippen molar-refractivity contribution in [2.75, 3.05) is 33.9 Å². The number of methoxy groups -OCH3 is 1. The van der Waals surface area contributed by atoms with Crippen LogP contribution in [0.2, 0.25) is 0 Å². The Morgan fingerprint density at radius 1 is 1.11 bits per heavy atom. The molecule has 0 radical (unpaired) electrons. The summed E-state index contributed by atoms with van der Waals surface area (Å²) in [5.74, 6) is 0.108. The van der Waals surface area contributed by atoms with Gasteiger partial charge < -0.3 is 24.6 Å². The van der Waals surface area contributed by atoms with Crippen LogP contribution in [-0.4, -0.2) is 89.8 Å². The lowest BCUT2D eigenvalue weighted by atomic mass is 9.68. The zero-order valence-electron chi connectivity index (χ0n) is 26.9. The van der Waals surface area contributed by atoms with E-state index in [0.29, 0.717) is 18.9 Å². The number of ether oxygens (including phenoxy) is 1. The van der Waals surface area contributed by atoms with Gasteiger partial charge in [0.15, 0.2) is 0 Å². The molecule has 2 fully saturated rings. The maximum Gasteiger partial charge on any atom is 0.223 e. The molecule has 0 aromatic carbocycles. The van der Waals surface area contributed by atoms with Crippen molar-refractivity contribution in [3.05, 3.63) is 0 Å². The molecule has 2 heterocycles. The van der Waals surface area contributed by atoms with E-state index in [1.54, 1.807) is 7.11 Å². The summed E-state index contributed by atoms with van der Waals surface area (Å²) in [6.07, 6.45) is 6.84. The number of amides is 1. The highest BCUT2D eigenvalue weighted by Crippen LogP contribution is 2.46. The van der Waals surface area contributed by atoms with Gasteiger partial charge in [-0.05, 0) is 56.9 Å². The molecule has 2 saturated heterocycles. The van der Waals surface area contributed by atoms with Gasteiger partial charge in [-0.25, -0.2) is 0 Å². The molecule has 4 unspecified atom stereocenters. The van der Waals surface area contributed by atoms with E-state index in [0.717, 1.165) is 51.5 Å². The molecule has 2 aliphatic heterocycles. The number of hydrogen-bond acceptors (Lipinski definition) is 6. The molecule has 0 saturated carbocycles. The molecule has 2 rings (SSSR count). The molecule has 2 N–H and O–H groups in total. The average Bonchev–Trinajstić information content (AvgIpc) is 3.09. The Balaban J connectivity index is 0.000000944. The number of aliphatic hydroxyl groups excluding tert-OH is 2. The number of rotatable bonds is 12. The lowest BCUT2D eigenvalue weighted by molar-refractivity contribution is -0.166. The van der Waals surface area contributed by atoms with Gasteiger partial charge in [0, 0.05) is 37.1 Å². The summed E-state index contributed by atoms with van der Waals surface area (Å²) in [4.78, 5) is 28.5. The van der Waals surface area contributed by atoms with Crippen molar-refractivity contribution >= 4 is 12.2 Å². The molecule has 0 aromatic heterocycles. The van der Waals surface area contributed by atoms with Crippen molar-refractivity contribution < 1.29 is 24.5 Å². The molecule has 38 heavy (non-hydrogen) atoms. The predicted molar refractivity (Wildman–Crippen MR) is 157 cm³/mol. The van der Waals surface area contributed by atoms with Crippen LogP contribution in [0.25, 0.3) is 0 Å². The number of nitrogens with zero attached hydrogens (tertiary/aromatic N) is 2. The largest absolute Gasteiger partial charge is 0.394 e. The first-order chi connectivity index (χ1) is 17.4. The summed E-state index contributed by atoms with van der Waals surface area (Å²) >= 11 is 0. The van der Waals surface area contributed by atoms with Gasteiger partial charge >= 0.3 is 0 Å². The number of β-amino-alcohol motifs (C(OH)–C–C–N with tert-alkyl or cyclic N) is 1. The quantitative estimate of drug-likeness (QED) is 0.325. The average molecular weight is 543 g/mol. The number of aliphatic hydroxyl groups is 2. The van der Waals surface area contributed by atoms with Gasteiger partial charge in [0.2, 0.25) is 5.91 Å². The molecule has 226 valence electrons. The van der Waals surface area contributed by atoms with Gasteiger partial charge in [0.05, 0.1) is 25.4 Å². The van der Waals surface area contributed by atoms with E-state index < -0.39 is 5.41 Å². The standard InChI is InChI=1S/C22H41NO3.C7H15NO2.C2H6/c1-9-10-19(2,3)14-20(4,5)12-18(26)23-17(13-24)11-22(23,8)15-21(6,7)16-25;1-8-4-7(9)3-6(8)5-10-2;1-2/h16-17,24H,9-15H2,1-8H3;6-7,9H,3-5H2,1-2H3;1-2H3. The number of carbonyl (C=O) groups is 2. The van der Waals surface area contributed by atoms with Gasteiger partial charge in [0.1, 0.15) is 6.29 Å². The summed E-state index contributed by atoms with van der Waals surface area (Å²) in [5.41, 5.74) is -0.685. The highest BCUT2D eigenvalue weighted by atomic mass is 16.5. The molecule has 7 heteroatoms. The van der Waals surface area contributed by atoms with E-state index in [4.69, 9.17) is 4.74 Å². The molecule has 4 atom stereocenters. The summed E-state index contributed by atoms with van der Waals surface area (Å²) in [7, 11) is 3.71. The van der Waals surface area contributed by atoms with E-state index >= 15 is 0 Å². The maximum absolute atomic E-state index is 13.2. The topological polar surface area (TPSA) is 90.3 Å². The smallest absolute Gasteiger partial charge is 0.223 e. The van der Waals surface area contributed by atoms with Crippen LogP contribution in [-0.2, 0) is 14.3 Å². The summed E-state index contributed by atoms with van der Waals surface area (Å²) in [6.45, 7) is 22.5. The van der Waals surface area contributed by atoms with Crippen LogP contribution < -0.4 is 0 Å². The molecular weight excluding hydrogens is 480 g/mol. The van der Waals surface area contributed by atoms with Gasteiger partial charge in [-0.2, -0.15) is 0 Å². The summed E-state index contributed by atoms with van der Waals surface area (Å²) in [5, 5.41) is 18.9. The van der Waals surface area contributed by atoms with Gasteiger partial charge in [-0.1, -0.05) is 68.7 Å². The number of hydrogen-bond donors (Lipinski definition) is 2. The number of aldehydes is 1. The van der Waals surface area contributed by atoms with Crippen molar-refractivity contribution in [1.29, 1.82) is 0 Å². The Morgan fingerprint density at radius 2 is 1.68 bits per heavy atom. The van der Waals surface area contributed by atoms with Crippen molar-refractivity contribution in [1.82, 2.24) is 9.80 Å². The number of likely N-dealkylation sites (tertiary alicyclic amines) is 2. The Hall–Kier alpha value is -1.02. The van der Waals surface area contributed by atoms with Crippen LogP contribution in [0.5, 0.6) is 0 Å².